The number of likely N-dealkylation sites (tertiary alicyclic amines) is 1. The summed E-state index contributed by atoms with van der Waals surface area (Å²) in [5.74, 6) is -0.477. The molecule has 0 bridgehead atoms. The molecule has 1 aliphatic rings. The first-order valence-corrected chi connectivity index (χ1v) is 12.5. The third-order valence-corrected chi connectivity index (χ3v) is 7.77. The maximum atomic E-state index is 14.7. The zero-order valence-electron chi connectivity index (χ0n) is 19.1. The molecule has 0 atom stereocenters. The van der Waals surface area contributed by atoms with Crippen LogP contribution < -0.4 is 9.46 Å². The molecule has 3 aromatic carbocycles. The van der Waals surface area contributed by atoms with E-state index < -0.39 is 33.4 Å². The Balaban J connectivity index is 1.38. The van der Waals surface area contributed by atoms with Gasteiger partial charge in [0, 0.05) is 25.2 Å². The average molecular weight is 483 g/mol. The number of halogens is 1. The summed E-state index contributed by atoms with van der Waals surface area (Å²) in [5, 5.41) is -0.628. The Kier molecular flexibility index (Phi) is 7.11. The summed E-state index contributed by atoms with van der Waals surface area (Å²) in [6.45, 7) is 2.37. The molecule has 1 fully saturated rings. The number of hydrogen-bond donors (Lipinski definition) is 1. The molecule has 178 valence electrons. The van der Waals surface area contributed by atoms with Gasteiger partial charge in [-0.25, -0.2) is 17.5 Å². The third-order valence-electron chi connectivity index (χ3n) is 6.04. The van der Waals surface area contributed by atoms with Crippen molar-refractivity contribution in [1.29, 1.82) is 0 Å². The summed E-state index contributed by atoms with van der Waals surface area (Å²) in [4.78, 5) is 14.8. The molecule has 0 amide bonds. The van der Waals surface area contributed by atoms with Crippen LogP contribution in [0.3, 0.4) is 0 Å². The number of sulfonamides is 1. The molecular weight excluding hydrogens is 455 g/mol. The lowest BCUT2D eigenvalue weighted by Gasteiger charge is -2.38. The van der Waals surface area contributed by atoms with Gasteiger partial charge in [-0.1, -0.05) is 48.5 Å². The maximum Gasteiger partial charge on any atom is 0.217 e. The van der Waals surface area contributed by atoms with Crippen molar-refractivity contribution in [3.8, 4) is 16.9 Å². The fourth-order valence-corrected chi connectivity index (χ4v) is 5.45. The van der Waals surface area contributed by atoms with E-state index in [0.29, 0.717) is 30.8 Å². The van der Waals surface area contributed by atoms with E-state index in [0.717, 1.165) is 16.9 Å². The second-order valence-electron chi connectivity index (χ2n) is 8.44. The zero-order chi connectivity index (χ0) is 24.3. The van der Waals surface area contributed by atoms with Crippen molar-refractivity contribution in [3.05, 3.63) is 89.2 Å². The number of aryl methyl sites for hydroxylation is 1. The molecule has 1 saturated heterocycles. The van der Waals surface area contributed by atoms with Crippen molar-refractivity contribution in [2.45, 2.75) is 18.7 Å². The van der Waals surface area contributed by atoms with E-state index in [1.54, 1.807) is 20.1 Å². The van der Waals surface area contributed by atoms with Crippen LogP contribution in [0.5, 0.6) is 5.75 Å². The van der Waals surface area contributed by atoms with Crippen LogP contribution in [0.1, 0.15) is 21.5 Å². The predicted octanol–water partition coefficient (Wildman–Crippen LogP) is 3.80. The van der Waals surface area contributed by atoms with Gasteiger partial charge in [-0.2, -0.15) is 0 Å². The van der Waals surface area contributed by atoms with E-state index in [1.807, 2.05) is 59.5 Å². The normalized spacial score (nSPS) is 14.6. The fraction of sp³-hybridized carbons (Fsp3) is 0.269. The SMILES string of the molecule is COc1ccccc1CN1CC(S(=O)(=O)NCC(=O)c2cc(-c3ccccc3)cc(C)c2F)C1. The number of Topliss-reactive ketones (excluding diaryl/α,β-unsaturated/α-hetero) is 1. The summed E-state index contributed by atoms with van der Waals surface area (Å²) in [7, 11) is -2.12. The van der Waals surface area contributed by atoms with E-state index >= 15 is 0 Å². The first kappa shape index (κ1) is 24.1. The van der Waals surface area contributed by atoms with Crippen LogP contribution in [-0.4, -0.2) is 51.1 Å². The predicted molar refractivity (Wildman–Crippen MR) is 130 cm³/mol. The molecule has 8 heteroatoms. The highest BCUT2D eigenvalue weighted by atomic mass is 32.2. The molecule has 3 aromatic rings. The summed E-state index contributed by atoms with van der Waals surface area (Å²) < 4.78 is 47.8. The highest BCUT2D eigenvalue weighted by molar-refractivity contribution is 7.90. The second-order valence-corrected chi connectivity index (χ2v) is 10.5. The molecular formula is C26H27FN2O4S. The lowest BCUT2D eigenvalue weighted by atomic mass is 9.98. The molecule has 6 nitrogen and oxygen atoms in total. The van der Waals surface area contributed by atoms with E-state index in [2.05, 4.69) is 4.72 Å². The lowest BCUT2D eigenvalue weighted by Crippen LogP contribution is -2.57. The van der Waals surface area contributed by atoms with Gasteiger partial charge in [0.2, 0.25) is 10.0 Å². The summed E-state index contributed by atoms with van der Waals surface area (Å²) in [6.07, 6.45) is 0. The van der Waals surface area contributed by atoms with Crippen LogP contribution in [0, 0.1) is 12.7 Å². The molecule has 1 N–H and O–H groups in total. The Morgan fingerprint density at radius 3 is 2.44 bits per heavy atom. The van der Waals surface area contributed by atoms with Gasteiger partial charge >= 0.3 is 0 Å². The minimum atomic E-state index is -3.72. The first-order valence-electron chi connectivity index (χ1n) is 11.0. The van der Waals surface area contributed by atoms with Gasteiger partial charge < -0.3 is 4.74 Å². The number of ketones is 1. The summed E-state index contributed by atoms with van der Waals surface area (Å²) in [5.41, 5.74) is 2.75. The Hall–Kier alpha value is -3.07. The molecule has 1 heterocycles. The largest absolute Gasteiger partial charge is 0.496 e. The first-order chi connectivity index (χ1) is 16.3. The Morgan fingerprint density at radius 2 is 1.74 bits per heavy atom. The monoisotopic (exact) mass is 482 g/mol. The Labute approximate surface area is 199 Å². The number of benzene rings is 3. The van der Waals surface area contributed by atoms with Crippen molar-refractivity contribution in [3.63, 3.8) is 0 Å². The number of para-hydroxylation sites is 1. The minimum Gasteiger partial charge on any atom is -0.496 e. The fourth-order valence-electron chi connectivity index (χ4n) is 4.07. The Bertz CT molecular complexity index is 1290. The van der Waals surface area contributed by atoms with Crippen LogP contribution in [0.4, 0.5) is 4.39 Å². The smallest absolute Gasteiger partial charge is 0.217 e. The van der Waals surface area contributed by atoms with E-state index in [1.165, 1.54) is 6.07 Å². The van der Waals surface area contributed by atoms with Crippen LogP contribution in [0.25, 0.3) is 11.1 Å². The molecule has 0 unspecified atom stereocenters. The topological polar surface area (TPSA) is 75.7 Å². The van der Waals surface area contributed by atoms with E-state index in [4.69, 9.17) is 4.74 Å². The number of nitrogens with one attached hydrogen (secondary N) is 1. The molecule has 4 rings (SSSR count). The van der Waals surface area contributed by atoms with Gasteiger partial charge in [-0.15, -0.1) is 0 Å². The molecule has 0 saturated carbocycles. The number of hydrogen-bond acceptors (Lipinski definition) is 5. The lowest BCUT2D eigenvalue weighted by molar-refractivity contribution is 0.0992. The van der Waals surface area contributed by atoms with Crippen LogP contribution in [0.2, 0.25) is 0 Å². The van der Waals surface area contributed by atoms with Crippen molar-refractivity contribution < 1.29 is 22.3 Å². The number of nitrogens with zero attached hydrogens (tertiary/aromatic N) is 1. The molecule has 1 aliphatic heterocycles. The molecule has 0 radical (unpaired) electrons. The van der Waals surface area contributed by atoms with Crippen LogP contribution >= 0.6 is 0 Å². The van der Waals surface area contributed by atoms with E-state index in [-0.39, 0.29) is 5.56 Å². The second kappa shape index (κ2) is 10.0. The van der Waals surface area contributed by atoms with Gasteiger partial charge in [0.15, 0.2) is 5.78 Å². The Morgan fingerprint density at radius 1 is 1.06 bits per heavy atom. The summed E-state index contributed by atoms with van der Waals surface area (Å²) in [6, 6.07) is 20.1. The van der Waals surface area contributed by atoms with Crippen molar-refractivity contribution in [2.75, 3.05) is 26.7 Å². The van der Waals surface area contributed by atoms with Crippen LogP contribution in [0.15, 0.2) is 66.7 Å². The molecule has 0 aliphatic carbocycles. The van der Waals surface area contributed by atoms with Gasteiger partial charge in [0.05, 0.1) is 19.2 Å². The standard InChI is InChI=1S/C26H27FN2O4S/c1-18-12-21(19-8-4-3-5-9-19)13-23(26(18)27)24(30)14-28-34(31,32)22-16-29(17-22)15-20-10-6-7-11-25(20)33-2/h3-13,22,28H,14-17H2,1-2H3. The van der Waals surface area contributed by atoms with Gasteiger partial charge in [0.1, 0.15) is 16.8 Å². The van der Waals surface area contributed by atoms with E-state index in [9.17, 15) is 17.6 Å². The molecule has 34 heavy (non-hydrogen) atoms. The molecule has 0 spiro atoms. The van der Waals surface area contributed by atoms with Crippen molar-refractivity contribution in [2.24, 2.45) is 0 Å². The van der Waals surface area contributed by atoms with Gasteiger partial charge in [-0.3, -0.25) is 9.69 Å². The molecule has 0 aromatic heterocycles. The number of rotatable bonds is 9. The zero-order valence-corrected chi connectivity index (χ0v) is 19.9. The third kappa shape index (κ3) is 5.19. The van der Waals surface area contributed by atoms with Crippen molar-refractivity contribution >= 4 is 15.8 Å². The summed E-state index contributed by atoms with van der Waals surface area (Å²) >= 11 is 0. The van der Waals surface area contributed by atoms with Crippen LogP contribution in [-0.2, 0) is 16.6 Å². The number of carbonyl (C=O) groups excluding carboxylic acids is 1. The highest BCUT2D eigenvalue weighted by Gasteiger charge is 2.37. The average Bonchev–Trinajstić information content (AvgIpc) is 2.82. The minimum absolute atomic E-state index is 0.118. The van der Waals surface area contributed by atoms with Crippen molar-refractivity contribution in [1.82, 2.24) is 9.62 Å². The van der Waals surface area contributed by atoms with Gasteiger partial charge in [-0.05, 0) is 41.8 Å². The number of carbonyl (C=O) groups is 1. The maximum absolute atomic E-state index is 14.7. The number of ether oxygens (including phenoxy) is 1. The quantitative estimate of drug-likeness (QED) is 0.470. The highest BCUT2D eigenvalue weighted by Crippen LogP contribution is 2.26. The van der Waals surface area contributed by atoms with Gasteiger partial charge in [0.25, 0.3) is 0 Å². The number of methoxy groups -OCH3 is 1.